The highest BCUT2D eigenvalue weighted by atomic mass is 16.4. The van der Waals surface area contributed by atoms with Crippen molar-refractivity contribution in [1.29, 1.82) is 0 Å². The lowest BCUT2D eigenvalue weighted by Crippen LogP contribution is -1.99. The van der Waals surface area contributed by atoms with Gasteiger partial charge in [0.15, 0.2) is 0 Å². The molecule has 0 fully saturated rings. The van der Waals surface area contributed by atoms with E-state index in [0.717, 1.165) is 16.6 Å². The van der Waals surface area contributed by atoms with Crippen molar-refractivity contribution in [2.75, 3.05) is 0 Å². The van der Waals surface area contributed by atoms with Gasteiger partial charge in [-0.1, -0.05) is 6.07 Å². The van der Waals surface area contributed by atoms with Crippen molar-refractivity contribution in [3.63, 3.8) is 0 Å². The number of carboxylic acids is 1. The van der Waals surface area contributed by atoms with Gasteiger partial charge in [-0.3, -0.25) is 4.79 Å². The first-order chi connectivity index (χ1) is 7.65. The summed E-state index contributed by atoms with van der Waals surface area (Å²) < 4.78 is 0. The Morgan fingerprint density at radius 1 is 1.25 bits per heavy atom. The van der Waals surface area contributed by atoms with Crippen LogP contribution in [-0.4, -0.2) is 21.0 Å². The van der Waals surface area contributed by atoms with Gasteiger partial charge in [0.05, 0.1) is 11.0 Å². The number of imidazole rings is 1. The van der Waals surface area contributed by atoms with E-state index in [9.17, 15) is 9.59 Å². The maximum absolute atomic E-state index is 11.0. The second-order valence-electron chi connectivity index (χ2n) is 3.71. The van der Waals surface area contributed by atoms with E-state index in [0.29, 0.717) is 12.8 Å². The molecule has 5 heteroatoms. The van der Waals surface area contributed by atoms with Crippen molar-refractivity contribution in [1.82, 2.24) is 9.97 Å². The van der Waals surface area contributed by atoms with Crippen molar-refractivity contribution in [3.8, 4) is 0 Å². The molecule has 5 nitrogen and oxygen atoms in total. The minimum absolute atomic E-state index is 0.168. The number of carboxylic acid groups (broad SMARTS) is 1. The fourth-order valence-electron chi connectivity index (χ4n) is 1.68. The Labute approximate surface area is 91.1 Å². The minimum Gasteiger partial charge on any atom is -0.481 e. The van der Waals surface area contributed by atoms with Gasteiger partial charge in [-0.25, -0.2) is 4.79 Å². The Kier molecular flexibility index (Phi) is 2.76. The first kappa shape index (κ1) is 10.5. The zero-order chi connectivity index (χ0) is 11.5. The largest absolute Gasteiger partial charge is 0.481 e. The smallest absolute Gasteiger partial charge is 0.323 e. The first-order valence-electron chi connectivity index (χ1n) is 5.08. The summed E-state index contributed by atoms with van der Waals surface area (Å²) in [6.45, 7) is 0. The van der Waals surface area contributed by atoms with Crippen LogP contribution in [0.3, 0.4) is 0 Å². The van der Waals surface area contributed by atoms with Crippen molar-refractivity contribution in [3.05, 3.63) is 34.2 Å². The number of hydrogen-bond donors (Lipinski definition) is 3. The van der Waals surface area contributed by atoms with Crippen LogP contribution in [0.25, 0.3) is 11.0 Å². The molecule has 0 aliphatic rings. The van der Waals surface area contributed by atoms with E-state index in [1.165, 1.54) is 0 Å². The second-order valence-corrected chi connectivity index (χ2v) is 3.71. The average Bonchev–Trinajstić information content (AvgIpc) is 2.56. The zero-order valence-electron chi connectivity index (χ0n) is 8.62. The highest BCUT2D eigenvalue weighted by molar-refractivity contribution is 5.75. The Morgan fingerprint density at radius 2 is 2.00 bits per heavy atom. The molecule has 0 aliphatic carbocycles. The number of carbonyl (C=O) groups is 1. The number of aryl methyl sites for hydroxylation is 1. The quantitative estimate of drug-likeness (QED) is 0.725. The molecular formula is C11H12N2O3. The van der Waals surface area contributed by atoms with Crippen molar-refractivity contribution in [2.45, 2.75) is 19.3 Å². The van der Waals surface area contributed by atoms with Crippen LogP contribution in [0.2, 0.25) is 0 Å². The number of H-pyrrole nitrogens is 2. The van der Waals surface area contributed by atoms with Crippen LogP contribution in [0, 0.1) is 0 Å². The Hall–Kier alpha value is -2.04. The van der Waals surface area contributed by atoms with Crippen LogP contribution in [0.15, 0.2) is 23.0 Å². The summed E-state index contributed by atoms with van der Waals surface area (Å²) in [7, 11) is 0. The number of rotatable bonds is 4. The van der Waals surface area contributed by atoms with Gasteiger partial charge in [-0.2, -0.15) is 0 Å². The topological polar surface area (TPSA) is 85.9 Å². The van der Waals surface area contributed by atoms with Gasteiger partial charge in [-0.05, 0) is 30.5 Å². The normalized spacial score (nSPS) is 10.8. The molecule has 0 saturated carbocycles. The molecule has 3 N–H and O–H groups in total. The summed E-state index contributed by atoms with van der Waals surface area (Å²) >= 11 is 0. The Morgan fingerprint density at radius 3 is 2.75 bits per heavy atom. The lowest BCUT2D eigenvalue weighted by Gasteiger charge is -1.99. The summed E-state index contributed by atoms with van der Waals surface area (Å²) in [5.41, 5.74) is 2.34. The highest BCUT2D eigenvalue weighted by Crippen LogP contribution is 2.12. The molecular weight excluding hydrogens is 208 g/mol. The van der Waals surface area contributed by atoms with Gasteiger partial charge in [0.2, 0.25) is 0 Å². The Balaban J connectivity index is 2.13. The molecule has 1 aromatic heterocycles. The molecule has 0 aliphatic heterocycles. The van der Waals surface area contributed by atoms with Gasteiger partial charge in [0.1, 0.15) is 0 Å². The zero-order valence-corrected chi connectivity index (χ0v) is 8.62. The molecule has 0 atom stereocenters. The lowest BCUT2D eigenvalue weighted by molar-refractivity contribution is -0.137. The number of benzene rings is 1. The highest BCUT2D eigenvalue weighted by Gasteiger charge is 2.01. The predicted molar refractivity (Wildman–Crippen MR) is 59.5 cm³/mol. The van der Waals surface area contributed by atoms with Gasteiger partial charge in [0.25, 0.3) is 0 Å². The monoisotopic (exact) mass is 220 g/mol. The van der Waals surface area contributed by atoms with E-state index < -0.39 is 5.97 Å². The third-order valence-electron chi connectivity index (χ3n) is 2.44. The third kappa shape index (κ3) is 2.31. The maximum atomic E-state index is 11.0. The van der Waals surface area contributed by atoms with E-state index >= 15 is 0 Å². The SMILES string of the molecule is O=C(O)CCCc1ccc2[nH]c(=O)[nH]c2c1. The molecule has 0 spiro atoms. The van der Waals surface area contributed by atoms with Crippen LogP contribution in [0.1, 0.15) is 18.4 Å². The van der Waals surface area contributed by atoms with E-state index in [2.05, 4.69) is 9.97 Å². The standard InChI is InChI=1S/C11H12N2O3/c14-10(15)3-1-2-7-4-5-8-9(6-7)13-11(16)12-8/h4-6H,1-3H2,(H,14,15)(H2,12,13,16). The first-order valence-corrected chi connectivity index (χ1v) is 5.08. The number of aromatic nitrogens is 2. The summed E-state index contributed by atoms with van der Waals surface area (Å²) in [6.07, 6.45) is 1.48. The average molecular weight is 220 g/mol. The van der Waals surface area contributed by atoms with E-state index in [-0.39, 0.29) is 12.1 Å². The number of fused-ring (bicyclic) bond motifs is 1. The fourth-order valence-corrected chi connectivity index (χ4v) is 1.68. The van der Waals surface area contributed by atoms with Crippen molar-refractivity contribution in [2.24, 2.45) is 0 Å². The molecule has 0 unspecified atom stereocenters. The molecule has 2 aromatic rings. The summed E-state index contributed by atoms with van der Waals surface area (Å²) in [5.74, 6) is -0.781. The molecule has 84 valence electrons. The van der Waals surface area contributed by atoms with Crippen LogP contribution in [0.5, 0.6) is 0 Å². The van der Waals surface area contributed by atoms with Crippen LogP contribution in [0.4, 0.5) is 0 Å². The van der Waals surface area contributed by atoms with E-state index in [1.807, 2.05) is 18.2 Å². The number of aromatic amines is 2. The Bertz CT molecular complexity index is 568. The number of hydrogen-bond acceptors (Lipinski definition) is 2. The van der Waals surface area contributed by atoms with Gasteiger partial charge >= 0.3 is 11.7 Å². The molecule has 0 bridgehead atoms. The van der Waals surface area contributed by atoms with E-state index in [4.69, 9.17) is 5.11 Å². The van der Waals surface area contributed by atoms with Crippen LogP contribution in [-0.2, 0) is 11.2 Å². The molecule has 1 heterocycles. The van der Waals surface area contributed by atoms with Crippen LogP contribution >= 0.6 is 0 Å². The fraction of sp³-hybridized carbons (Fsp3) is 0.273. The molecule has 2 rings (SSSR count). The summed E-state index contributed by atoms with van der Waals surface area (Å²) in [6, 6.07) is 5.59. The lowest BCUT2D eigenvalue weighted by atomic mass is 10.1. The van der Waals surface area contributed by atoms with Crippen molar-refractivity contribution >= 4 is 17.0 Å². The molecule has 1 aromatic carbocycles. The third-order valence-corrected chi connectivity index (χ3v) is 2.44. The second kappa shape index (κ2) is 4.22. The molecule has 0 amide bonds. The number of nitrogens with one attached hydrogen (secondary N) is 2. The minimum atomic E-state index is -0.781. The molecule has 0 radical (unpaired) electrons. The van der Waals surface area contributed by atoms with Gasteiger partial charge in [-0.15, -0.1) is 0 Å². The van der Waals surface area contributed by atoms with E-state index in [1.54, 1.807) is 0 Å². The molecule has 0 saturated heterocycles. The summed E-state index contributed by atoms with van der Waals surface area (Å²) in [4.78, 5) is 26.7. The predicted octanol–water partition coefficient (Wildman–Crippen LogP) is 1.26. The van der Waals surface area contributed by atoms with Gasteiger partial charge in [0, 0.05) is 6.42 Å². The number of aliphatic carboxylic acids is 1. The van der Waals surface area contributed by atoms with Crippen LogP contribution < -0.4 is 5.69 Å². The van der Waals surface area contributed by atoms with Crippen molar-refractivity contribution < 1.29 is 9.90 Å². The van der Waals surface area contributed by atoms with Gasteiger partial charge < -0.3 is 15.1 Å². The molecule has 16 heavy (non-hydrogen) atoms. The maximum Gasteiger partial charge on any atom is 0.323 e. The summed E-state index contributed by atoms with van der Waals surface area (Å²) in [5, 5.41) is 8.51.